The number of anilines is 1. The quantitative estimate of drug-likeness (QED) is 0.246. The zero-order valence-electron chi connectivity index (χ0n) is 17.2. The van der Waals surface area contributed by atoms with Crippen molar-refractivity contribution in [1.82, 2.24) is 9.55 Å². The molecule has 0 aliphatic carbocycles. The predicted molar refractivity (Wildman–Crippen MR) is 131 cm³/mol. The number of fused-ring (bicyclic) bond motifs is 1. The van der Waals surface area contributed by atoms with E-state index < -0.39 is 0 Å². The van der Waals surface area contributed by atoms with Crippen LogP contribution in [0.4, 0.5) is 5.13 Å². The molecule has 5 aromatic rings. The number of hydrogen-bond donors (Lipinski definition) is 1. The maximum Gasteiger partial charge on any atom is 0.203 e. The van der Waals surface area contributed by atoms with E-state index in [2.05, 4.69) is 86.9 Å². The van der Waals surface area contributed by atoms with E-state index in [4.69, 9.17) is 0 Å². The number of hydrazone groups is 1. The number of rotatable bonds is 6. The second-order valence-electron chi connectivity index (χ2n) is 7.39. The predicted octanol–water partition coefficient (Wildman–Crippen LogP) is 6.65. The lowest BCUT2D eigenvalue weighted by atomic mass is 10.1. The first kappa shape index (κ1) is 19.3. The van der Waals surface area contributed by atoms with Crippen LogP contribution in [0.2, 0.25) is 0 Å². The molecule has 0 bridgehead atoms. The molecule has 152 valence electrons. The normalized spacial score (nSPS) is 11.7. The van der Waals surface area contributed by atoms with Crippen LogP contribution in [0.3, 0.4) is 0 Å². The minimum Gasteiger partial charge on any atom is -0.342 e. The summed E-state index contributed by atoms with van der Waals surface area (Å²) >= 11 is 1.56. The van der Waals surface area contributed by atoms with Crippen LogP contribution in [0.5, 0.6) is 0 Å². The molecule has 4 nitrogen and oxygen atoms in total. The van der Waals surface area contributed by atoms with Crippen LogP contribution in [-0.2, 0) is 6.54 Å². The highest BCUT2D eigenvalue weighted by molar-refractivity contribution is 7.14. The number of thiazole rings is 1. The largest absolute Gasteiger partial charge is 0.342 e. The van der Waals surface area contributed by atoms with Gasteiger partial charge in [-0.2, -0.15) is 5.10 Å². The molecular weight excluding hydrogens is 400 g/mol. The molecule has 0 radical (unpaired) electrons. The minimum absolute atomic E-state index is 0.784. The van der Waals surface area contributed by atoms with Crippen molar-refractivity contribution in [3.05, 3.63) is 108 Å². The Morgan fingerprint density at radius 1 is 0.935 bits per heavy atom. The van der Waals surface area contributed by atoms with Crippen molar-refractivity contribution in [2.75, 3.05) is 5.43 Å². The lowest BCUT2D eigenvalue weighted by molar-refractivity contribution is 0.836. The third-order valence-corrected chi connectivity index (χ3v) is 6.01. The van der Waals surface area contributed by atoms with Gasteiger partial charge in [-0.15, -0.1) is 11.3 Å². The zero-order valence-corrected chi connectivity index (χ0v) is 18.0. The summed E-state index contributed by atoms with van der Waals surface area (Å²) in [4.78, 5) is 4.66. The van der Waals surface area contributed by atoms with E-state index >= 15 is 0 Å². The molecule has 0 saturated carbocycles. The maximum atomic E-state index is 4.66. The molecule has 0 aliphatic rings. The van der Waals surface area contributed by atoms with Crippen molar-refractivity contribution in [3.8, 4) is 11.3 Å². The molecule has 5 heteroatoms. The molecule has 0 saturated heterocycles. The highest BCUT2D eigenvalue weighted by Gasteiger charge is 2.11. The molecule has 2 aromatic heterocycles. The smallest absolute Gasteiger partial charge is 0.203 e. The third-order valence-electron chi connectivity index (χ3n) is 5.27. The standard InChI is InChI=1S/C26H22N4S/c1-19(28-29-26-27-24(18-31-26)21-12-6-3-7-13-21)23-17-30(16-20-10-4-2-5-11-20)25-15-9-8-14-22(23)25/h2-15,17-18H,16H2,1H3,(H,27,29). The summed E-state index contributed by atoms with van der Waals surface area (Å²) in [6.07, 6.45) is 2.19. The first-order valence-electron chi connectivity index (χ1n) is 10.2. The first-order valence-corrected chi connectivity index (χ1v) is 11.1. The van der Waals surface area contributed by atoms with Gasteiger partial charge in [-0.3, -0.25) is 5.43 Å². The van der Waals surface area contributed by atoms with Crippen molar-refractivity contribution in [1.29, 1.82) is 0 Å². The first-order chi connectivity index (χ1) is 15.3. The summed E-state index contributed by atoms with van der Waals surface area (Å²) in [5, 5.41) is 8.68. The molecular formula is C26H22N4S. The average molecular weight is 423 g/mol. The van der Waals surface area contributed by atoms with Crippen LogP contribution in [0.15, 0.2) is 102 Å². The molecule has 0 atom stereocenters. The van der Waals surface area contributed by atoms with Crippen LogP contribution in [0.1, 0.15) is 18.1 Å². The Bertz CT molecular complexity index is 1330. The maximum absolute atomic E-state index is 4.66. The Balaban J connectivity index is 1.41. The summed E-state index contributed by atoms with van der Waals surface area (Å²) in [5.74, 6) is 0. The molecule has 0 aliphatic heterocycles. The molecule has 0 amide bonds. The fourth-order valence-electron chi connectivity index (χ4n) is 3.70. The van der Waals surface area contributed by atoms with Crippen molar-refractivity contribution >= 4 is 33.1 Å². The second-order valence-corrected chi connectivity index (χ2v) is 8.24. The number of aromatic nitrogens is 2. The Kier molecular flexibility index (Phi) is 5.33. The number of hydrogen-bond acceptors (Lipinski definition) is 4. The Morgan fingerprint density at radius 3 is 2.45 bits per heavy atom. The van der Waals surface area contributed by atoms with Crippen molar-refractivity contribution in [2.45, 2.75) is 13.5 Å². The Labute approximate surface area is 185 Å². The van der Waals surface area contributed by atoms with E-state index in [0.29, 0.717) is 0 Å². The summed E-state index contributed by atoms with van der Waals surface area (Å²) in [6, 6.07) is 29.2. The number of benzene rings is 3. The Hall–Kier alpha value is -3.70. The zero-order chi connectivity index (χ0) is 21.0. The highest BCUT2D eigenvalue weighted by atomic mass is 32.1. The van der Waals surface area contributed by atoms with Gasteiger partial charge in [-0.1, -0.05) is 78.9 Å². The average Bonchev–Trinajstić information content (AvgIpc) is 3.44. The second kappa shape index (κ2) is 8.58. The van der Waals surface area contributed by atoms with Crippen molar-refractivity contribution in [3.63, 3.8) is 0 Å². The van der Waals surface area contributed by atoms with Gasteiger partial charge in [0, 0.05) is 40.2 Å². The lowest BCUT2D eigenvalue weighted by Crippen LogP contribution is -2.00. The summed E-state index contributed by atoms with van der Waals surface area (Å²) in [6.45, 7) is 2.86. The van der Waals surface area contributed by atoms with Gasteiger partial charge in [0.2, 0.25) is 5.13 Å². The highest BCUT2D eigenvalue weighted by Crippen LogP contribution is 2.26. The van der Waals surface area contributed by atoms with Crippen LogP contribution in [0.25, 0.3) is 22.2 Å². The van der Waals surface area contributed by atoms with E-state index in [1.54, 1.807) is 11.3 Å². The molecule has 3 aromatic carbocycles. The summed E-state index contributed by atoms with van der Waals surface area (Å²) in [5.41, 5.74) is 9.75. The van der Waals surface area contributed by atoms with Gasteiger partial charge >= 0.3 is 0 Å². The van der Waals surface area contributed by atoms with E-state index in [-0.39, 0.29) is 0 Å². The van der Waals surface area contributed by atoms with Crippen LogP contribution in [0, 0.1) is 0 Å². The van der Waals surface area contributed by atoms with Crippen LogP contribution >= 0.6 is 11.3 Å². The monoisotopic (exact) mass is 422 g/mol. The van der Waals surface area contributed by atoms with Gasteiger partial charge in [0.05, 0.1) is 11.4 Å². The molecule has 5 rings (SSSR count). The topological polar surface area (TPSA) is 42.2 Å². The van der Waals surface area contributed by atoms with Gasteiger partial charge < -0.3 is 4.57 Å². The Morgan fingerprint density at radius 2 is 1.65 bits per heavy atom. The minimum atomic E-state index is 0.784. The van der Waals surface area contributed by atoms with Gasteiger partial charge in [0.15, 0.2) is 0 Å². The van der Waals surface area contributed by atoms with Crippen molar-refractivity contribution < 1.29 is 0 Å². The number of nitrogens with zero attached hydrogens (tertiary/aromatic N) is 3. The van der Waals surface area contributed by atoms with Crippen molar-refractivity contribution in [2.24, 2.45) is 5.10 Å². The molecule has 0 fully saturated rings. The van der Waals surface area contributed by atoms with E-state index in [1.165, 1.54) is 16.5 Å². The number of para-hydroxylation sites is 1. The fourth-order valence-corrected chi connectivity index (χ4v) is 4.37. The van der Waals surface area contributed by atoms with E-state index in [1.807, 2.05) is 36.6 Å². The van der Waals surface area contributed by atoms with Gasteiger partial charge in [0.25, 0.3) is 0 Å². The molecule has 31 heavy (non-hydrogen) atoms. The number of nitrogens with one attached hydrogen (secondary N) is 1. The van der Waals surface area contributed by atoms with Gasteiger partial charge in [-0.25, -0.2) is 4.98 Å². The lowest BCUT2D eigenvalue weighted by Gasteiger charge is -2.05. The molecule has 1 N–H and O–H groups in total. The molecule has 0 spiro atoms. The third kappa shape index (κ3) is 4.13. The van der Waals surface area contributed by atoms with Gasteiger partial charge in [0.1, 0.15) is 0 Å². The SMILES string of the molecule is CC(=NNc1nc(-c2ccccc2)cs1)c1cn(Cc2ccccc2)c2ccccc12. The summed E-state index contributed by atoms with van der Waals surface area (Å²) < 4.78 is 2.29. The molecule has 0 unspecified atom stereocenters. The van der Waals surface area contributed by atoms with Crippen LogP contribution in [-0.4, -0.2) is 15.3 Å². The fraction of sp³-hybridized carbons (Fsp3) is 0.0769. The van der Waals surface area contributed by atoms with Gasteiger partial charge in [-0.05, 0) is 18.6 Å². The van der Waals surface area contributed by atoms with Crippen LogP contribution < -0.4 is 5.43 Å². The van der Waals surface area contributed by atoms with E-state index in [9.17, 15) is 0 Å². The molecule has 2 heterocycles. The van der Waals surface area contributed by atoms with E-state index in [0.717, 1.165) is 34.2 Å². The summed E-state index contributed by atoms with van der Waals surface area (Å²) in [7, 11) is 0.